The van der Waals surface area contributed by atoms with Crippen molar-refractivity contribution < 1.29 is 27.4 Å². The van der Waals surface area contributed by atoms with Crippen LogP contribution >= 0.6 is 11.3 Å². The van der Waals surface area contributed by atoms with Gasteiger partial charge in [0.15, 0.2) is 0 Å². The van der Waals surface area contributed by atoms with E-state index in [0.717, 1.165) is 11.3 Å². The van der Waals surface area contributed by atoms with Crippen LogP contribution < -0.4 is 4.74 Å². The van der Waals surface area contributed by atoms with Gasteiger partial charge in [-0.15, -0.1) is 11.3 Å². The molecule has 0 spiro atoms. The number of rotatable bonds is 7. The summed E-state index contributed by atoms with van der Waals surface area (Å²) in [5.74, 6) is -0.446. The van der Waals surface area contributed by atoms with Crippen LogP contribution in [0.25, 0.3) is 11.1 Å². The van der Waals surface area contributed by atoms with Gasteiger partial charge in [0.25, 0.3) is 0 Å². The number of sulfone groups is 1. The standard InChI is InChI=1S/C23H25FN2O5S2/c1-23(2,3)14-26(22(27)28)13-16-12-19(18-9-6-10-25-20(18)24)21(32-16)33(29,30)17-8-5-7-15(11-17)31-4/h5-12H,13-14H2,1-4H3,(H,27,28). The van der Waals surface area contributed by atoms with E-state index in [1.165, 1.54) is 48.5 Å². The molecule has 1 amide bonds. The van der Waals surface area contributed by atoms with Crippen LogP contribution in [0.15, 0.2) is 57.8 Å². The lowest BCUT2D eigenvalue weighted by Gasteiger charge is -2.27. The smallest absolute Gasteiger partial charge is 0.407 e. The van der Waals surface area contributed by atoms with Gasteiger partial charge in [0, 0.05) is 28.7 Å². The molecule has 2 aromatic heterocycles. The second kappa shape index (κ2) is 9.48. The Labute approximate surface area is 196 Å². The van der Waals surface area contributed by atoms with Crippen LogP contribution in [0.1, 0.15) is 25.6 Å². The minimum Gasteiger partial charge on any atom is -0.497 e. The normalized spacial score (nSPS) is 11.9. The lowest BCUT2D eigenvalue weighted by Crippen LogP contribution is -2.36. The van der Waals surface area contributed by atoms with Gasteiger partial charge < -0.3 is 14.7 Å². The maximum Gasteiger partial charge on any atom is 0.407 e. The molecule has 10 heteroatoms. The van der Waals surface area contributed by atoms with Crippen molar-refractivity contribution in [2.24, 2.45) is 5.41 Å². The molecule has 1 aromatic carbocycles. The molecule has 3 aromatic rings. The van der Waals surface area contributed by atoms with Crippen LogP contribution in [-0.4, -0.2) is 43.2 Å². The molecule has 1 N–H and O–H groups in total. The van der Waals surface area contributed by atoms with E-state index in [2.05, 4.69) is 4.98 Å². The summed E-state index contributed by atoms with van der Waals surface area (Å²) in [5, 5.41) is 9.66. The van der Waals surface area contributed by atoms with Crippen LogP contribution in [0.2, 0.25) is 0 Å². The lowest BCUT2D eigenvalue weighted by molar-refractivity contribution is 0.123. The number of methoxy groups -OCH3 is 1. The zero-order chi connectivity index (χ0) is 24.4. The molecular weight excluding hydrogens is 467 g/mol. The highest BCUT2D eigenvalue weighted by molar-refractivity contribution is 7.93. The summed E-state index contributed by atoms with van der Waals surface area (Å²) in [6, 6.07) is 10.5. The summed E-state index contributed by atoms with van der Waals surface area (Å²) in [4.78, 5) is 17.1. The van der Waals surface area contributed by atoms with Crippen LogP contribution in [0.5, 0.6) is 5.75 Å². The summed E-state index contributed by atoms with van der Waals surface area (Å²) in [6.07, 6.45) is 0.155. The van der Waals surface area contributed by atoms with Crippen LogP contribution in [0, 0.1) is 11.4 Å². The maximum atomic E-state index is 14.6. The van der Waals surface area contributed by atoms with Gasteiger partial charge in [-0.3, -0.25) is 0 Å². The zero-order valence-corrected chi connectivity index (χ0v) is 20.3. The predicted molar refractivity (Wildman–Crippen MR) is 124 cm³/mol. The number of ether oxygens (including phenoxy) is 1. The Bertz CT molecular complexity index is 1270. The van der Waals surface area contributed by atoms with Crippen molar-refractivity contribution in [1.29, 1.82) is 0 Å². The second-order valence-corrected chi connectivity index (χ2v) is 11.9. The number of benzene rings is 1. The molecule has 0 fully saturated rings. The summed E-state index contributed by atoms with van der Waals surface area (Å²) in [7, 11) is -2.63. The van der Waals surface area contributed by atoms with E-state index in [1.807, 2.05) is 20.8 Å². The van der Waals surface area contributed by atoms with Gasteiger partial charge in [-0.05, 0) is 41.8 Å². The fraction of sp³-hybridized carbons (Fsp3) is 0.304. The van der Waals surface area contributed by atoms with Crippen LogP contribution in [0.4, 0.5) is 9.18 Å². The molecule has 0 bridgehead atoms. The summed E-state index contributed by atoms with van der Waals surface area (Å²) >= 11 is 0.922. The van der Waals surface area contributed by atoms with Crippen LogP contribution in [0.3, 0.4) is 0 Å². The molecule has 0 radical (unpaired) electrons. The fourth-order valence-corrected chi connectivity index (χ4v) is 6.47. The Morgan fingerprint density at radius 3 is 2.52 bits per heavy atom. The van der Waals surface area contributed by atoms with E-state index in [1.54, 1.807) is 12.1 Å². The Morgan fingerprint density at radius 2 is 1.91 bits per heavy atom. The molecule has 7 nitrogen and oxygen atoms in total. The van der Waals surface area contributed by atoms with E-state index < -0.39 is 21.9 Å². The largest absolute Gasteiger partial charge is 0.497 e. The van der Waals surface area contributed by atoms with Gasteiger partial charge in [-0.1, -0.05) is 26.8 Å². The highest BCUT2D eigenvalue weighted by Crippen LogP contribution is 2.40. The van der Waals surface area contributed by atoms with Gasteiger partial charge >= 0.3 is 6.09 Å². The van der Waals surface area contributed by atoms with E-state index in [4.69, 9.17) is 4.74 Å². The number of hydrogen-bond donors (Lipinski definition) is 1. The number of nitrogens with zero attached hydrogens (tertiary/aromatic N) is 2. The Balaban J connectivity index is 2.15. The molecule has 0 saturated heterocycles. The number of carboxylic acid groups (broad SMARTS) is 1. The summed E-state index contributed by atoms with van der Waals surface area (Å²) in [5.41, 5.74) is -0.132. The van der Waals surface area contributed by atoms with Crippen LogP contribution in [-0.2, 0) is 16.4 Å². The molecule has 0 aliphatic rings. The molecule has 0 unspecified atom stereocenters. The van der Waals surface area contributed by atoms with Gasteiger partial charge in [-0.25, -0.2) is 18.2 Å². The SMILES string of the molecule is COc1cccc(S(=O)(=O)c2sc(CN(CC(C)(C)C)C(=O)O)cc2-c2cccnc2F)c1. The van der Waals surface area contributed by atoms with E-state index in [9.17, 15) is 22.7 Å². The molecule has 0 atom stereocenters. The van der Waals surface area contributed by atoms with E-state index >= 15 is 0 Å². The Hall–Kier alpha value is -2.98. The highest BCUT2D eigenvalue weighted by atomic mass is 32.2. The first kappa shape index (κ1) is 24.7. The number of aromatic nitrogens is 1. The number of amides is 1. The topological polar surface area (TPSA) is 96.8 Å². The number of thiophene rings is 1. The molecular formula is C23H25FN2O5S2. The molecule has 2 heterocycles. The van der Waals surface area contributed by atoms with Gasteiger partial charge in [-0.2, -0.15) is 4.39 Å². The molecule has 0 aliphatic heterocycles. The van der Waals surface area contributed by atoms with Crippen molar-refractivity contribution in [2.45, 2.75) is 36.4 Å². The number of pyridine rings is 1. The molecule has 3 rings (SSSR count). The first-order valence-corrected chi connectivity index (χ1v) is 12.3. The van der Waals surface area contributed by atoms with E-state index in [-0.39, 0.29) is 38.7 Å². The minimum absolute atomic E-state index is 0.00872. The van der Waals surface area contributed by atoms with Crippen molar-refractivity contribution in [3.8, 4) is 16.9 Å². The first-order chi connectivity index (χ1) is 15.4. The van der Waals surface area contributed by atoms with Crippen molar-refractivity contribution in [3.63, 3.8) is 0 Å². The minimum atomic E-state index is -4.06. The third kappa shape index (κ3) is 5.69. The maximum absolute atomic E-state index is 14.6. The molecule has 0 aliphatic carbocycles. The zero-order valence-electron chi connectivity index (χ0n) is 18.7. The van der Waals surface area contributed by atoms with Gasteiger partial charge in [0.1, 0.15) is 9.96 Å². The second-order valence-electron chi connectivity index (χ2n) is 8.64. The molecule has 176 valence electrons. The Morgan fingerprint density at radius 1 is 1.18 bits per heavy atom. The highest BCUT2D eigenvalue weighted by Gasteiger charge is 2.29. The summed E-state index contributed by atoms with van der Waals surface area (Å²) in [6.45, 7) is 5.94. The lowest BCUT2D eigenvalue weighted by atomic mass is 9.96. The van der Waals surface area contributed by atoms with Gasteiger partial charge in [0.05, 0.1) is 18.6 Å². The third-order valence-corrected chi connectivity index (χ3v) is 8.08. The average Bonchev–Trinajstić information content (AvgIpc) is 3.17. The monoisotopic (exact) mass is 492 g/mol. The van der Waals surface area contributed by atoms with Crippen molar-refractivity contribution in [1.82, 2.24) is 9.88 Å². The average molecular weight is 493 g/mol. The Kier molecular flexibility index (Phi) is 7.08. The van der Waals surface area contributed by atoms with Crippen molar-refractivity contribution in [3.05, 3.63) is 59.5 Å². The first-order valence-electron chi connectivity index (χ1n) is 10.0. The van der Waals surface area contributed by atoms with Gasteiger partial charge in [0.2, 0.25) is 15.8 Å². The summed E-state index contributed by atoms with van der Waals surface area (Å²) < 4.78 is 46.7. The van der Waals surface area contributed by atoms with Crippen molar-refractivity contribution in [2.75, 3.05) is 13.7 Å². The fourth-order valence-electron chi connectivity index (χ4n) is 3.30. The van der Waals surface area contributed by atoms with E-state index in [0.29, 0.717) is 10.6 Å². The number of carbonyl (C=O) groups is 1. The molecule has 0 saturated carbocycles. The molecule has 33 heavy (non-hydrogen) atoms. The number of hydrogen-bond acceptors (Lipinski definition) is 6. The predicted octanol–water partition coefficient (Wildman–Crippen LogP) is 5.32. The number of halogens is 1. The third-order valence-electron chi connectivity index (χ3n) is 4.68. The van der Waals surface area contributed by atoms with Crippen molar-refractivity contribution >= 4 is 27.3 Å². The quantitative estimate of drug-likeness (QED) is 0.449.